The Kier molecular flexibility index (Phi) is 6.90. The van der Waals surface area contributed by atoms with Gasteiger partial charge in [-0.2, -0.15) is 0 Å². The van der Waals surface area contributed by atoms with Crippen molar-refractivity contribution in [1.29, 1.82) is 0 Å². The third-order valence-electron chi connectivity index (χ3n) is 3.77. The molecule has 1 unspecified atom stereocenters. The second kappa shape index (κ2) is 7.04. The zero-order valence-electron chi connectivity index (χ0n) is 10.9. The summed E-state index contributed by atoms with van der Waals surface area (Å²) in [4.78, 5) is 12.0. The first kappa shape index (κ1) is 14.7. The first-order valence-corrected chi connectivity index (χ1v) is 7.02. The molecule has 0 aromatic rings. The largest absolute Gasteiger partial charge is 0.528 e. The van der Waals surface area contributed by atoms with Gasteiger partial charge in [0.15, 0.2) is 0 Å². The van der Waals surface area contributed by atoms with E-state index in [0.717, 1.165) is 32.1 Å². The van der Waals surface area contributed by atoms with Gasteiger partial charge in [0, 0.05) is 0 Å². The molecule has 3 heteroatoms. The molecule has 0 fully saturated rings. The van der Waals surface area contributed by atoms with Gasteiger partial charge in [-0.3, -0.25) is 4.79 Å². The van der Waals surface area contributed by atoms with Crippen LogP contribution in [0.2, 0.25) is 0 Å². The predicted octanol–water partition coefficient (Wildman–Crippen LogP) is 2.44. The van der Waals surface area contributed by atoms with Crippen LogP contribution in [0.1, 0.15) is 59.8 Å². The maximum Gasteiger partial charge on any atom is 0.298 e. The van der Waals surface area contributed by atoms with Crippen molar-refractivity contribution in [2.75, 3.05) is 0 Å². The average Bonchev–Trinajstić information content (AvgIpc) is 2.29. The quantitative estimate of drug-likeness (QED) is 0.628. The number of rotatable bonds is 7. The van der Waals surface area contributed by atoms with E-state index in [1.165, 1.54) is 0 Å². The van der Waals surface area contributed by atoms with Crippen LogP contribution in [0.25, 0.3) is 0 Å². The normalized spacial score (nSPS) is 13.9. The third-order valence-corrected chi connectivity index (χ3v) is 4.14. The maximum atomic E-state index is 12.0. The molecule has 0 aliphatic rings. The van der Waals surface area contributed by atoms with Crippen molar-refractivity contribution in [1.82, 2.24) is 0 Å². The summed E-state index contributed by atoms with van der Waals surface area (Å²) in [7, 11) is 0.516. The minimum absolute atomic E-state index is 0.0412. The molecule has 0 N–H and O–H groups in total. The molecule has 0 saturated heterocycles. The Morgan fingerprint density at radius 3 is 2.07 bits per heavy atom. The lowest BCUT2D eigenvalue weighted by Gasteiger charge is -2.36. The number of carbonyl (C=O) groups is 1. The van der Waals surface area contributed by atoms with E-state index in [4.69, 9.17) is 4.43 Å². The molecule has 0 bridgehead atoms. The standard InChI is InChI=1S/C12H26O2Si/c1-5-9-10(6-2)12(7-3,8-4)11(13)14-15/h10H,5-9H2,1-4,15H3. The van der Waals surface area contributed by atoms with Gasteiger partial charge in [0.1, 0.15) is 0 Å². The minimum atomic E-state index is -0.216. The van der Waals surface area contributed by atoms with Gasteiger partial charge in [-0.1, -0.05) is 40.5 Å². The Labute approximate surface area is 97.3 Å². The smallest absolute Gasteiger partial charge is 0.298 e. The van der Waals surface area contributed by atoms with E-state index in [1.54, 1.807) is 0 Å². The van der Waals surface area contributed by atoms with Crippen LogP contribution in [-0.4, -0.2) is 16.5 Å². The summed E-state index contributed by atoms with van der Waals surface area (Å²) in [5, 5.41) is 0. The molecule has 0 aliphatic carbocycles. The van der Waals surface area contributed by atoms with Crippen LogP contribution in [0.3, 0.4) is 0 Å². The number of hydrogen-bond acceptors (Lipinski definition) is 2. The molecule has 90 valence electrons. The molecular formula is C12H26O2Si. The topological polar surface area (TPSA) is 26.3 Å². The van der Waals surface area contributed by atoms with Crippen molar-refractivity contribution in [2.45, 2.75) is 59.8 Å². The van der Waals surface area contributed by atoms with E-state index in [2.05, 4.69) is 27.7 Å². The Balaban J connectivity index is 4.94. The second-order valence-corrected chi connectivity index (χ2v) is 4.66. The van der Waals surface area contributed by atoms with Crippen LogP contribution in [-0.2, 0) is 9.22 Å². The van der Waals surface area contributed by atoms with Crippen LogP contribution in [0.5, 0.6) is 0 Å². The maximum absolute atomic E-state index is 12.0. The summed E-state index contributed by atoms with van der Waals surface area (Å²) in [6.07, 6.45) is 5.17. The van der Waals surface area contributed by atoms with E-state index in [1.807, 2.05) is 0 Å². The Morgan fingerprint density at radius 1 is 1.27 bits per heavy atom. The molecule has 0 aromatic heterocycles. The Morgan fingerprint density at radius 2 is 1.80 bits per heavy atom. The molecule has 1 atom stereocenters. The lowest BCUT2D eigenvalue weighted by Crippen LogP contribution is -2.38. The molecule has 0 spiro atoms. The van der Waals surface area contributed by atoms with Crippen molar-refractivity contribution in [2.24, 2.45) is 11.3 Å². The van der Waals surface area contributed by atoms with Crippen LogP contribution in [0.4, 0.5) is 0 Å². The van der Waals surface area contributed by atoms with Crippen LogP contribution < -0.4 is 0 Å². The summed E-state index contributed by atoms with van der Waals surface area (Å²) in [5.74, 6) is 0.526. The number of hydrogen-bond donors (Lipinski definition) is 0. The molecular weight excluding hydrogens is 204 g/mol. The minimum Gasteiger partial charge on any atom is -0.528 e. The van der Waals surface area contributed by atoms with Gasteiger partial charge in [0.25, 0.3) is 5.97 Å². The van der Waals surface area contributed by atoms with Crippen molar-refractivity contribution in [3.05, 3.63) is 0 Å². The zero-order valence-corrected chi connectivity index (χ0v) is 12.9. The highest BCUT2D eigenvalue weighted by Gasteiger charge is 2.41. The molecule has 0 radical (unpaired) electrons. The van der Waals surface area contributed by atoms with Gasteiger partial charge in [-0.25, -0.2) is 0 Å². The van der Waals surface area contributed by atoms with E-state index in [9.17, 15) is 4.79 Å². The fraction of sp³-hybridized carbons (Fsp3) is 0.917. The third kappa shape index (κ3) is 3.07. The van der Waals surface area contributed by atoms with Crippen molar-refractivity contribution in [3.63, 3.8) is 0 Å². The monoisotopic (exact) mass is 230 g/mol. The predicted molar refractivity (Wildman–Crippen MR) is 67.7 cm³/mol. The van der Waals surface area contributed by atoms with Gasteiger partial charge in [0.2, 0.25) is 10.5 Å². The van der Waals surface area contributed by atoms with Gasteiger partial charge in [-0.15, -0.1) is 0 Å². The lowest BCUT2D eigenvalue weighted by atomic mass is 9.68. The molecule has 15 heavy (non-hydrogen) atoms. The summed E-state index contributed by atoms with van der Waals surface area (Å²) >= 11 is 0. The fourth-order valence-electron chi connectivity index (χ4n) is 2.71. The highest BCUT2D eigenvalue weighted by molar-refractivity contribution is 6.06. The fourth-order valence-corrected chi connectivity index (χ4v) is 3.11. The SMILES string of the molecule is CCCC(CC)C(CC)(CC)C(=O)O[SiH3]. The Hall–Kier alpha value is -0.313. The van der Waals surface area contributed by atoms with E-state index in [-0.39, 0.29) is 11.4 Å². The first-order valence-electron chi connectivity index (χ1n) is 6.21. The molecule has 0 amide bonds. The van der Waals surface area contributed by atoms with Gasteiger partial charge in [-0.05, 0) is 25.2 Å². The molecule has 0 saturated carbocycles. The lowest BCUT2D eigenvalue weighted by molar-refractivity contribution is -0.150. The summed E-state index contributed by atoms with van der Waals surface area (Å²) in [5.41, 5.74) is -0.216. The number of carbonyl (C=O) groups excluding carboxylic acids is 1. The van der Waals surface area contributed by atoms with Gasteiger partial charge < -0.3 is 4.43 Å². The first-order chi connectivity index (χ1) is 7.12. The van der Waals surface area contributed by atoms with Gasteiger partial charge in [0.05, 0.1) is 5.41 Å². The van der Waals surface area contributed by atoms with Crippen LogP contribution in [0, 0.1) is 11.3 Å². The highest BCUT2D eigenvalue weighted by atomic mass is 28.2. The van der Waals surface area contributed by atoms with E-state index < -0.39 is 0 Å². The van der Waals surface area contributed by atoms with Gasteiger partial charge >= 0.3 is 0 Å². The van der Waals surface area contributed by atoms with Crippen LogP contribution in [0.15, 0.2) is 0 Å². The highest BCUT2D eigenvalue weighted by Crippen LogP contribution is 2.41. The summed E-state index contributed by atoms with van der Waals surface area (Å²) in [6.45, 7) is 8.59. The van der Waals surface area contributed by atoms with Crippen molar-refractivity contribution >= 4 is 16.5 Å². The molecule has 0 aliphatic heterocycles. The second-order valence-electron chi connectivity index (χ2n) is 4.25. The van der Waals surface area contributed by atoms with E-state index >= 15 is 0 Å². The molecule has 0 heterocycles. The molecule has 2 nitrogen and oxygen atoms in total. The van der Waals surface area contributed by atoms with Crippen LogP contribution >= 0.6 is 0 Å². The summed E-state index contributed by atoms with van der Waals surface area (Å²) in [6, 6.07) is 0. The van der Waals surface area contributed by atoms with Crippen molar-refractivity contribution in [3.8, 4) is 0 Å². The zero-order chi connectivity index (χ0) is 11.9. The Bertz CT molecular complexity index is 188. The summed E-state index contributed by atoms with van der Waals surface area (Å²) < 4.78 is 5.13. The average molecular weight is 230 g/mol. The molecule has 0 rings (SSSR count). The van der Waals surface area contributed by atoms with Crippen molar-refractivity contribution < 1.29 is 9.22 Å². The van der Waals surface area contributed by atoms with E-state index in [0.29, 0.717) is 16.4 Å². The molecule has 0 aromatic carbocycles.